The number of aliphatic hydroxyl groups excluding tert-OH is 1. The van der Waals surface area contributed by atoms with Gasteiger partial charge in [0.2, 0.25) is 0 Å². The number of nitrogens with zero attached hydrogens (tertiary/aromatic N) is 2. The maximum Gasteiger partial charge on any atom is 0.263 e. The van der Waals surface area contributed by atoms with Gasteiger partial charge in [0.05, 0.1) is 5.69 Å². The molecule has 0 aliphatic carbocycles. The molecule has 0 aliphatic rings. The van der Waals surface area contributed by atoms with Gasteiger partial charge in [-0.1, -0.05) is 24.3 Å². The van der Waals surface area contributed by atoms with Gasteiger partial charge in [0.15, 0.2) is 0 Å². The van der Waals surface area contributed by atoms with Crippen molar-refractivity contribution in [2.75, 3.05) is 0 Å². The normalized spacial score (nSPS) is 13.0. The van der Waals surface area contributed by atoms with Crippen LogP contribution in [0.3, 0.4) is 0 Å². The number of rotatable bonds is 3. The minimum absolute atomic E-state index is 0.0537. The number of halogens is 2. The first-order chi connectivity index (χ1) is 8.08. The number of benzene rings is 1. The van der Waals surface area contributed by atoms with Crippen molar-refractivity contribution in [2.24, 2.45) is 7.05 Å². The fourth-order valence-corrected chi connectivity index (χ4v) is 1.57. The van der Waals surface area contributed by atoms with Crippen LogP contribution in [0.4, 0.5) is 8.78 Å². The van der Waals surface area contributed by atoms with Crippen molar-refractivity contribution in [1.82, 2.24) is 9.78 Å². The number of hydrogen-bond acceptors (Lipinski definition) is 2. The van der Waals surface area contributed by atoms with Crippen LogP contribution in [0.15, 0.2) is 36.5 Å². The number of aliphatic hydroxyl groups is 1. The van der Waals surface area contributed by atoms with Crippen LogP contribution in [0, 0.1) is 0 Å². The lowest BCUT2D eigenvalue weighted by atomic mass is 10.1. The Morgan fingerprint density at radius 3 is 2.18 bits per heavy atom. The Labute approximate surface area is 97.3 Å². The van der Waals surface area contributed by atoms with Gasteiger partial charge >= 0.3 is 0 Å². The van der Waals surface area contributed by atoms with Crippen LogP contribution in [0.25, 0.3) is 0 Å². The van der Waals surface area contributed by atoms with Crippen molar-refractivity contribution in [3.63, 3.8) is 0 Å². The summed E-state index contributed by atoms with van der Waals surface area (Å²) in [4.78, 5) is 0. The second-order valence-corrected chi connectivity index (χ2v) is 3.78. The van der Waals surface area contributed by atoms with Crippen molar-refractivity contribution in [1.29, 1.82) is 0 Å². The molecule has 90 valence electrons. The zero-order valence-electron chi connectivity index (χ0n) is 9.22. The van der Waals surface area contributed by atoms with Gasteiger partial charge in [-0.05, 0) is 11.6 Å². The van der Waals surface area contributed by atoms with E-state index in [0.29, 0.717) is 11.3 Å². The Morgan fingerprint density at radius 2 is 1.71 bits per heavy atom. The second-order valence-electron chi connectivity index (χ2n) is 3.78. The summed E-state index contributed by atoms with van der Waals surface area (Å²) in [6.45, 7) is 0. The van der Waals surface area contributed by atoms with Crippen LogP contribution in [-0.2, 0) is 7.05 Å². The standard InChI is InChI=1S/C12H12F2N2O/c1-16-7-6-10(15-16)11(17)8-2-4-9(5-3-8)12(13)14/h2-7,11-12,17H,1H3. The first-order valence-electron chi connectivity index (χ1n) is 5.13. The van der Waals surface area contributed by atoms with Gasteiger partial charge in [0, 0.05) is 18.8 Å². The first-order valence-corrected chi connectivity index (χ1v) is 5.13. The van der Waals surface area contributed by atoms with Gasteiger partial charge in [-0.25, -0.2) is 8.78 Å². The fraction of sp³-hybridized carbons (Fsp3) is 0.250. The molecule has 0 fully saturated rings. The smallest absolute Gasteiger partial charge is 0.263 e. The summed E-state index contributed by atoms with van der Waals surface area (Å²) in [6.07, 6.45) is -1.66. The largest absolute Gasteiger partial charge is 0.382 e. The average Bonchev–Trinajstić information content (AvgIpc) is 2.75. The van der Waals surface area contributed by atoms with Gasteiger partial charge in [0.25, 0.3) is 6.43 Å². The van der Waals surface area contributed by atoms with Crippen LogP contribution >= 0.6 is 0 Å². The highest BCUT2D eigenvalue weighted by atomic mass is 19.3. The molecular weight excluding hydrogens is 226 g/mol. The number of hydrogen-bond donors (Lipinski definition) is 1. The lowest BCUT2D eigenvalue weighted by molar-refractivity contribution is 0.151. The second kappa shape index (κ2) is 4.63. The molecule has 3 nitrogen and oxygen atoms in total. The molecule has 0 spiro atoms. The highest BCUT2D eigenvalue weighted by Gasteiger charge is 2.14. The summed E-state index contributed by atoms with van der Waals surface area (Å²) in [7, 11) is 1.75. The molecule has 1 unspecified atom stereocenters. The van der Waals surface area contributed by atoms with Crippen molar-refractivity contribution < 1.29 is 13.9 Å². The predicted molar refractivity (Wildman–Crippen MR) is 58.7 cm³/mol. The molecule has 2 aromatic rings. The van der Waals surface area contributed by atoms with Crippen molar-refractivity contribution in [3.8, 4) is 0 Å². The van der Waals surface area contributed by atoms with Crippen molar-refractivity contribution in [2.45, 2.75) is 12.5 Å². The molecule has 1 N–H and O–H groups in total. The molecule has 1 heterocycles. The van der Waals surface area contributed by atoms with Crippen LogP contribution in [0.1, 0.15) is 29.4 Å². The molecule has 0 aliphatic heterocycles. The summed E-state index contributed by atoms with van der Waals surface area (Å²) in [6, 6.07) is 7.28. The molecule has 0 bridgehead atoms. The van der Waals surface area contributed by atoms with E-state index in [1.807, 2.05) is 0 Å². The lowest BCUT2D eigenvalue weighted by Crippen LogP contribution is -2.02. The highest BCUT2D eigenvalue weighted by Crippen LogP contribution is 2.24. The Hall–Kier alpha value is -1.75. The topological polar surface area (TPSA) is 38.0 Å². The van der Waals surface area contributed by atoms with E-state index in [4.69, 9.17) is 0 Å². The molecule has 0 radical (unpaired) electrons. The molecule has 1 aromatic carbocycles. The summed E-state index contributed by atoms with van der Waals surface area (Å²) < 4.78 is 26.3. The zero-order chi connectivity index (χ0) is 12.4. The van der Waals surface area contributed by atoms with Gasteiger partial charge in [-0.15, -0.1) is 0 Å². The van der Waals surface area contributed by atoms with Gasteiger partial charge in [-0.3, -0.25) is 4.68 Å². The fourth-order valence-electron chi connectivity index (χ4n) is 1.57. The minimum Gasteiger partial charge on any atom is -0.382 e. The summed E-state index contributed by atoms with van der Waals surface area (Å²) in [5.41, 5.74) is 0.993. The monoisotopic (exact) mass is 238 g/mol. The van der Waals surface area contributed by atoms with E-state index in [9.17, 15) is 13.9 Å². The van der Waals surface area contributed by atoms with E-state index in [0.717, 1.165) is 0 Å². The van der Waals surface area contributed by atoms with Crippen LogP contribution in [0.5, 0.6) is 0 Å². The average molecular weight is 238 g/mol. The van der Waals surface area contributed by atoms with E-state index in [1.165, 1.54) is 24.3 Å². The zero-order valence-corrected chi connectivity index (χ0v) is 9.22. The van der Waals surface area contributed by atoms with E-state index in [2.05, 4.69) is 5.10 Å². The maximum absolute atomic E-state index is 12.3. The summed E-state index contributed by atoms with van der Waals surface area (Å²) in [5, 5.41) is 14.0. The molecule has 1 atom stereocenters. The molecule has 0 saturated carbocycles. The Bertz CT molecular complexity index is 493. The van der Waals surface area contributed by atoms with Crippen molar-refractivity contribution >= 4 is 0 Å². The number of aromatic nitrogens is 2. The molecule has 1 aromatic heterocycles. The quantitative estimate of drug-likeness (QED) is 0.891. The molecule has 17 heavy (non-hydrogen) atoms. The molecule has 0 saturated heterocycles. The molecule has 5 heteroatoms. The third-order valence-electron chi connectivity index (χ3n) is 2.52. The van der Waals surface area contributed by atoms with Gasteiger partial charge < -0.3 is 5.11 Å². The molecule has 0 amide bonds. The highest BCUT2D eigenvalue weighted by molar-refractivity contribution is 5.29. The summed E-state index contributed by atoms with van der Waals surface area (Å²) in [5.74, 6) is 0. The molecule has 2 rings (SSSR count). The van der Waals surface area contributed by atoms with Crippen molar-refractivity contribution in [3.05, 3.63) is 53.3 Å². The Kier molecular flexibility index (Phi) is 3.19. The van der Waals surface area contributed by atoms with E-state index in [1.54, 1.807) is 24.0 Å². The Morgan fingerprint density at radius 1 is 1.12 bits per heavy atom. The van der Waals surface area contributed by atoms with Crippen LogP contribution < -0.4 is 0 Å². The van der Waals surface area contributed by atoms with Crippen LogP contribution in [0.2, 0.25) is 0 Å². The van der Waals surface area contributed by atoms with E-state index >= 15 is 0 Å². The third-order valence-corrected chi connectivity index (χ3v) is 2.52. The summed E-state index contributed by atoms with van der Waals surface area (Å²) >= 11 is 0. The predicted octanol–water partition coefficient (Wildman–Crippen LogP) is 2.44. The van der Waals surface area contributed by atoms with E-state index in [-0.39, 0.29) is 5.56 Å². The number of aryl methyl sites for hydroxylation is 1. The lowest BCUT2D eigenvalue weighted by Gasteiger charge is -2.09. The SMILES string of the molecule is Cn1ccc(C(O)c2ccc(C(F)F)cc2)n1. The van der Waals surface area contributed by atoms with Gasteiger partial charge in [0.1, 0.15) is 6.10 Å². The van der Waals surface area contributed by atoms with Gasteiger partial charge in [-0.2, -0.15) is 5.10 Å². The molecular formula is C12H12F2N2O. The minimum atomic E-state index is -2.49. The van der Waals surface area contributed by atoms with E-state index < -0.39 is 12.5 Å². The maximum atomic E-state index is 12.3. The Balaban J connectivity index is 2.22. The van der Waals surface area contributed by atoms with Crippen LogP contribution in [-0.4, -0.2) is 14.9 Å². The first kappa shape index (κ1) is 11.7. The number of alkyl halides is 2. The third kappa shape index (κ3) is 2.50.